The minimum absolute atomic E-state index is 0.256. The molecule has 0 bridgehead atoms. The lowest BCUT2D eigenvalue weighted by Crippen LogP contribution is -2.48. The van der Waals surface area contributed by atoms with Gasteiger partial charge in [0.25, 0.3) is 0 Å². The van der Waals surface area contributed by atoms with Crippen LogP contribution in [0.25, 0.3) is 0 Å². The number of likely N-dealkylation sites (tertiary alicyclic amines) is 1. The Hall–Kier alpha value is -2.08. The van der Waals surface area contributed by atoms with Crippen molar-refractivity contribution in [2.45, 2.75) is 44.9 Å². The molecule has 0 spiro atoms. The zero-order valence-electron chi connectivity index (χ0n) is 14.7. The maximum absolute atomic E-state index is 12.5. The van der Waals surface area contributed by atoms with Gasteiger partial charge in [-0.15, -0.1) is 0 Å². The molecule has 0 aliphatic carbocycles. The molecular formula is C18H26N2O4. The number of hydrogen-bond donors (Lipinski definition) is 1. The first kappa shape index (κ1) is 18.3. The van der Waals surface area contributed by atoms with Crippen LogP contribution in [0, 0.1) is 0 Å². The maximum Gasteiger partial charge on any atom is 0.408 e. The van der Waals surface area contributed by atoms with Gasteiger partial charge >= 0.3 is 12.1 Å². The van der Waals surface area contributed by atoms with E-state index in [9.17, 15) is 9.59 Å². The summed E-state index contributed by atoms with van der Waals surface area (Å²) in [5, 5.41) is 2.61. The van der Waals surface area contributed by atoms with Crippen molar-refractivity contribution in [3.63, 3.8) is 0 Å². The molecule has 1 amide bonds. The van der Waals surface area contributed by atoms with E-state index in [0.717, 1.165) is 13.0 Å². The number of rotatable bonds is 5. The predicted octanol–water partition coefficient (Wildman–Crippen LogP) is 2.50. The van der Waals surface area contributed by atoms with Crippen LogP contribution in [0.3, 0.4) is 0 Å². The molecule has 1 heterocycles. The molecule has 6 heteroatoms. The highest BCUT2D eigenvalue weighted by atomic mass is 16.6. The van der Waals surface area contributed by atoms with E-state index >= 15 is 0 Å². The summed E-state index contributed by atoms with van der Waals surface area (Å²) in [5.41, 5.74) is 0.0273. The molecule has 2 atom stereocenters. The fourth-order valence-electron chi connectivity index (χ4n) is 2.39. The van der Waals surface area contributed by atoms with E-state index in [2.05, 4.69) is 10.2 Å². The highest BCUT2D eigenvalue weighted by Crippen LogP contribution is 2.19. The topological polar surface area (TPSA) is 67.9 Å². The monoisotopic (exact) mass is 334 g/mol. The van der Waals surface area contributed by atoms with Crippen LogP contribution in [0.2, 0.25) is 0 Å². The van der Waals surface area contributed by atoms with Gasteiger partial charge in [0.05, 0.1) is 0 Å². The fraction of sp³-hybridized carbons (Fsp3) is 0.556. The lowest BCUT2D eigenvalue weighted by molar-refractivity contribution is -0.149. The molecule has 0 radical (unpaired) electrons. The van der Waals surface area contributed by atoms with Gasteiger partial charge in [-0.1, -0.05) is 30.3 Å². The first-order chi connectivity index (χ1) is 11.3. The first-order valence-corrected chi connectivity index (χ1v) is 8.17. The second-order valence-electron chi connectivity index (χ2n) is 7.04. The molecule has 132 valence electrons. The normalized spacial score (nSPS) is 19.1. The van der Waals surface area contributed by atoms with E-state index in [-0.39, 0.29) is 6.04 Å². The molecule has 2 rings (SSSR count). The van der Waals surface area contributed by atoms with Gasteiger partial charge in [0, 0.05) is 6.04 Å². The quantitative estimate of drug-likeness (QED) is 0.838. The Labute approximate surface area is 143 Å². The van der Waals surface area contributed by atoms with Crippen LogP contribution in [0.4, 0.5) is 4.79 Å². The predicted molar refractivity (Wildman–Crippen MR) is 90.5 cm³/mol. The average molecular weight is 334 g/mol. The Balaban J connectivity index is 2.02. The molecule has 1 aliphatic rings. The van der Waals surface area contributed by atoms with Gasteiger partial charge in [0.15, 0.2) is 6.04 Å². The number of esters is 1. The van der Waals surface area contributed by atoms with Gasteiger partial charge in [0.2, 0.25) is 0 Å². The molecule has 24 heavy (non-hydrogen) atoms. The second-order valence-corrected chi connectivity index (χ2v) is 7.04. The standard InChI is InChI=1S/C18H26N2O4/c1-18(2,3)24-17(22)19-15(13-8-6-5-7-9-13)16(21)23-12-14-10-11-20(14)4/h5-9,14-15H,10-12H2,1-4H3,(H,19,22)/t14-,15?/m0/s1. The third-order valence-electron chi connectivity index (χ3n) is 3.89. The first-order valence-electron chi connectivity index (χ1n) is 8.17. The zero-order valence-corrected chi connectivity index (χ0v) is 14.7. The average Bonchev–Trinajstić information content (AvgIpc) is 2.50. The number of carbonyl (C=O) groups excluding carboxylic acids is 2. The summed E-state index contributed by atoms with van der Waals surface area (Å²) in [5.74, 6) is -0.479. The maximum atomic E-state index is 12.5. The van der Waals surface area contributed by atoms with Crippen LogP contribution < -0.4 is 5.32 Å². The SMILES string of the molecule is CN1CC[C@H]1COC(=O)C(NC(=O)OC(C)(C)C)c1ccccc1. The van der Waals surface area contributed by atoms with Crippen molar-refractivity contribution >= 4 is 12.1 Å². The summed E-state index contributed by atoms with van der Waals surface area (Å²) in [6, 6.07) is 8.40. The van der Waals surface area contributed by atoms with Gasteiger partial charge in [-0.3, -0.25) is 4.90 Å². The summed E-state index contributed by atoms with van der Waals surface area (Å²) in [6.45, 7) is 6.66. The number of carbonyl (C=O) groups is 2. The lowest BCUT2D eigenvalue weighted by Gasteiger charge is -2.37. The molecule has 1 saturated heterocycles. The number of ether oxygens (including phenoxy) is 2. The fourth-order valence-corrected chi connectivity index (χ4v) is 2.39. The number of nitrogens with one attached hydrogen (secondary N) is 1. The Morgan fingerprint density at radius 1 is 1.29 bits per heavy atom. The van der Waals surface area contributed by atoms with Gasteiger partial charge < -0.3 is 14.8 Å². The van der Waals surface area contributed by atoms with Gasteiger partial charge in [-0.25, -0.2) is 9.59 Å². The zero-order chi connectivity index (χ0) is 17.7. The molecule has 1 aliphatic heterocycles. The Bertz CT molecular complexity index is 568. The van der Waals surface area contributed by atoms with Crippen LogP contribution in [-0.2, 0) is 14.3 Å². The molecule has 1 N–H and O–H groups in total. The number of likely N-dealkylation sites (N-methyl/N-ethyl adjacent to an activating group) is 1. The van der Waals surface area contributed by atoms with Crippen LogP contribution in [0.1, 0.15) is 38.8 Å². The number of amides is 1. The number of benzene rings is 1. The van der Waals surface area contributed by atoms with E-state index in [0.29, 0.717) is 12.2 Å². The van der Waals surface area contributed by atoms with E-state index < -0.39 is 23.7 Å². The number of alkyl carbamates (subject to hydrolysis) is 1. The van der Waals surface area contributed by atoms with Crippen molar-refractivity contribution < 1.29 is 19.1 Å². The second kappa shape index (κ2) is 7.66. The lowest BCUT2D eigenvalue weighted by atomic mass is 10.1. The summed E-state index contributed by atoms with van der Waals surface area (Å²) < 4.78 is 10.7. The van der Waals surface area contributed by atoms with Crippen LogP contribution in [-0.4, -0.2) is 48.8 Å². The summed E-state index contributed by atoms with van der Waals surface area (Å²) in [7, 11) is 2.00. The molecule has 1 fully saturated rings. The highest BCUT2D eigenvalue weighted by Gasteiger charge is 2.30. The molecule has 1 aromatic carbocycles. The number of hydrogen-bond acceptors (Lipinski definition) is 5. The van der Waals surface area contributed by atoms with E-state index in [4.69, 9.17) is 9.47 Å². The third-order valence-corrected chi connectivity index (χ3v) is 3.89. The number of nitrogens with zero attached hydrogens (tertiary/aromatic N) is 1. The third kappa shape index (κ3) is 5.23. The van der Waals surface area contributed by atoms with Crippen molar-refractivity contribution in [2.75, 3.05) is 20.2 Å². The van der Waals surface area contributed by atoms with Crippen molar-refractivity contribution in [1.29, 1.82) is 0 Å². The van der Waals surface area contributed by atoms with Crippen molar-refractivity contribution in [1.82, 2.24) is 10.2 Å². The van der Waals surface area contributed by atoms with Gasteiger partial charge in [-0.05, 0) is 46.3 Å². The van der Waals surface area contributed by atoms with Crippen molar-refractivity contribution in [3.05, 3.63) is 35.9 Å². The Kier molecular flexibility index (Phi) is 5.83. The molecule has 6 nitrogen and oxygen atoms in total. The van der Waals surface area contributed by atoms with E-state index in [1.165, 1.54) is 0 Å². The van der Waals surface area contributed by atoms with Crippen molar-refractivity contribution in [2.24, 2.45) is 0 Å². The van der Waals surface area contributed by atoms with E-state index in [1.807, 2.05) is 25.2 Å². The summed E-state index contributed by atoms with van der Waals surface area (Å²) >= 11 is 0. The Morgan fingerprint density at radius 2 is 1.96 bits per heavy atom. The van der Waals surface area contributed by atoms with Crippen LogP contribution in [0.5, 0.6) is 0 Å². The van der Waals surface area contributed by atoms with Gasteiger partial charge in [-0.2, -0.15) is 0 Å². The van der Waals surface area contributed by atoms with Crippen molar-refractivity contribution in [3.8, 4) is 0 Å². The van der Waals surface area contributed by atoms with E-state index in [1.54, 1.807) is 32.9 Å². The molecule has 1 unspecified atom stereocenters. The minimum atomic E-state index is -0.883. The van der Waals surface area contributed by atoms with Crippen LogP contribution >= 0.6 is 0 Å². The highest BCUT2D eigenvalue weighted by molar-refractivity contribution is 5.82. The Morgan fingerprint density at radius 3 is 2.46 bits per heavy atom. The van der Waals surface area contributed by atoms with Crippen LogP contribution in [0.15, 0.2) is 30.3 Å². The summed E-state index contributed by atoms with van der Waals surface area (Å²) in [4.78, 5) is 26.7. The molecular weight excluding hydrogens is 308 g/mol. The minimum Gasteiger partial charge on any atom is -0.462 e. The summed E-state index contributed by atoms with van der Waals surface area (Å²) in [6.07, 6.45) is 0.369. The molecule has 1 aromatic rings. The largest absolute Gasteiger partial charge is 0.462 e. The molecule has 0 aromatic heterocycles. The smallest absolute Gasteiger partial charge is 0.408 e. The molecule has 0 saturated carbocycles. The van der Waals surface area contributed by atoms with Gasteiger partial charge in [0.1, 0.15) is 12.2 Å².